The lowest BCUT2D eigenvalue weighted by Crippen LogP contribution is -2.37. The third kappa shape index (κ3) is 6.23. The van der Waals surface area contributed by atoms with Gasteiger partial charge in [-0.25, -0.2) is 0 Å². The van der Waals surface area contributed by atoms with E-state index in [0.29, 0.717) is 19.4 Å². The molecule has 2 fully saturated rings. The molecule has 1 aromatic carbocycles. The zero-order valence-electron chi connectivity index (χ0n) is 16.4. The van der Waals surface area contributed by atoms with Crippen molar-refractivity contribution < 1.29 is 18.0 Å². The number of likely N-dealkylation sites (tertiary alicyclic amines) is 1. The van der Waals surface area contributed by atoms with Crippen LogP contribution in [0.3, 0.4) is 0 Å². The van der Waals surface area contributed by atoms with Crippen LogP contribution >= 0.6 is 0 Å². The molecular weight excluding hydrogens is 365 g/mol. The Morgan fingerprint density at radius 1 is 0.964 bits per heavy atom. The van der Waals surface area contributed by atoms with Crippen LogP contribution in [0.25, 0.3) is 0 Å². The Hall–Kier alpha value is -1.56. The van der Waals surface area contributed by atoms with Gasteiger partial charge in [0.2, 0.25) is 5.91 Å². The maximum absolute atomic E-state index is 12.9. The van der Waals surface area contributed by atoms with E-state index in [1.54, 1.807) is 0 Å². The normalized spacial score (nSPS) is 24.5. The molecule has 1 saturated heterocycles. The molecule has 1 saturated carbocycles. The minimum absolute atomic E-state index is 0.0793. The standard InChI is InChI=1S/C22H31F3N2O/c23-22(24,25)20-7-5-6-19(14-20)21(28)26-15-17-8-10-18(11-9-17)16-27-12-3-1-2-4-13-27/h8-11,19-20H,1-7,12-16H2,(H,26,28). The van der Waals surface area contributed by atoms with Gasteiger partial charge in [0.25, 0.3) is 0 Å². The van der Waals surface area contributed by atoms with Gasteiger partial charge in [0, 0.05) is 19.0 Å². The van der Waals surface area contributed by atoms with Crippen molar-refractivity contribution in [1.29, 1.82) is 0 Å². The van der Waals surface area contributed by atoms with Gasteiger partial charge in [-0.05, 0) is 56.3 Å². The van der Waals surface area contributed by atoms with Gasteiger partial charge in [-0.3, -0.25) is 9.69 Å². The zero-order chi connectivity index (χ0) is 20.0. The lowest BCUT2D eigenvalue weighted by Gasteiger charge is -2.29. The molecule has 2 atom stereocenters. The Bertz CT molecular complexity index is 622. The minimum atomic E-state index is -4.19. The third-order valence-corrected chi connectivity index (χ3v) is 6.10. The topological polar surface area (TPSA) is 32.3 Å². The van der Waals surface area contributed by atoms with E-state index in [2.05, 4.69) is 22.3 Å². The van der Waals surface area contributed by atoms with Gasteiger partial charge < -0.3 is 5.32 Å². The van der Waals surface area contributed by atoms with Crippen LogP contribution < -0.4 is 5.32 Å². The van der Waals surface area contributed by atoms with Crippen LogP contribution in [0.5, 0.6) is 0 Å². The molecule has 156 valence electrons. The number of rotatable bonds is 5. The highest BCUT2D eigenvalue weighted by molar-refractivity contribution is 5.78. The van der Waals surface area contributed by atoms with E-state index in [0.717, 1.165) is 25.2 Å². The van der Waals surface area contributed by atoms with Crippen LogP contribution in [0, 0.1) is 11.8 Å². The van der Waals surface area contributed by atoms with Crippen molar-refractivity contribution in [3.05, 3.63) is 35.4 Å². The maximum atomic E-state index is 12.9. The van der Waals surface area contributed by atoms with E-state index >= 15 is 0 Å². The summed E-state index contributed by atoms with van der Waals surface area (Å²) >= 11 is 0. The second kappa shape index (κ2) is 9.77. The van der Waals surface area contributed by atoms with Crippen molar-refractivity contribution in [1.82, 2.24) is 10.2 Å². The predicted octanol–water partition coefficient (Wildman–Crippen LogP) is 5.05. The lowest BCUT2D eigenvalue weighted by molar-refractivity contribution is -0.186. The molecule has 2 unspecified atom stereocenters. The quantitative estimate of drug-likeness (QED) is 0.756. The second-order valence-electron chi connectivity index (χ2n) is 8.33. The molecule has 6 heteroatoms. The molecule has 1 heterocycles. The number of carbonyl (C=O) groups excluding carboxylic acids is 1. The van der Waals surface area contributed by atoms with Crippen LogP contribution in [-0.4, -0.2) is 30.1 Å². The van der Waals surface area contributed by atoms with E-state index in [1.807, 2.05) is 12.1 Å². The first-order valence-corrected chi connectivity index (χ1v) is 10.6. The molecule has 28 heavy (non-hydrogen) atoms. The molecule has 2 aliphatic rings. The molecule has 3 rings (SSSR count). The van der Waals surface area contributed by atoms with E-state index in [4.69, 9.17) is 0 Å². The molecule has 1 aromatic rings. The minimum Gasteiger partial charge on any atom is -0.352 e. The Morgan fingerprint density at radius 2 is 1.61 bits per heavy atom. The SMILES string of the molecule is O=C(NCc1ccc(CN2CCCCCC2)cc1)C1CCCC(C(F)(F)F)C1. The number of alkyl halides is 3. The van der Waals surface area contributed by atoms with E-state index in [-0.39, 0.29) is 18.7 Å². The number of halogens is 3. The van der Waals surface area contributed by atoms with Crippen molar-refractivity contribution in [3.8, 4) is 0 Å². The average molecular weight is 396 g/mol. The summed E-state index contributed by atoms with van der Waals surface area (Å²) in [7, 11) is 0. The second-order valence-corrected chi connectivity index (χ2v) is 8.33. The first kappa shape index (κ1) is 21.2. The summed E-state index contributed by atoms with van der Waals surface area (Å²) in [5.74, 6) is -2.11. The molecule has 1 aliphatic heterocycles. The first-order valence-electron chi connectivity index (χ1n) is 10.6. The molecular formula is C22H31F3N2O. The van der Waals surface area contributed by atoms with Gasteiger partial charge in [-0.15, -0.1) is 0 Å². The van der Waals surface area contributed by atoms with Crippen molar-refractivity contribution in [2.45, 2.75) is 70.6 Å². The van der Waals surface area contributed by atoms with E-state index in [1.165, 1.54) is 31.2 Å². The van der Waals surface area contributed by atoms with Crippen LogP contribution in [-0.2, 0) is 17.9 Å². The van der Waals surface area contributed by atoms with Crippen LogP contribution in [0.4, 0.5) is 13.2 Å². The lowest BCUT2D eigenvalue weighted by atomic mass is 9.80. The van der Waals surface area contributed by atoms with E-state index in [9.17, 15) is 18.0 Å². The fourth-order valence-corrected chi connectivity index (χ4v) is 4.37. The van der Waals surface area contributed by atoms with Gasteiger partial charge in [-0.2, -0.15) is 13.2 Å². The number of benzene rings is 1. The summed E-state index contributed by atoms with van der Waals surface area (Å²) in [4.78, 5) is 14.8. The molecule has 3 nitrogen and oxygen atoms in total. The highest BCUT2D eigenvalue weighted by Gasteiger charge is 2.43. The molecule has 0 bridgehead atoms. The Morgan fingerprint density at radius 3 is 2.25 bits per heavy atom. The Labute approximate surface area is 165 Å². The molecule has 0 spiro atoms. The summed E-state index contributed by atoms with van der Waals surface area (Å²) in [5, 5.41) is 2.83. The summed E-state index contributed by atoms with van der Waals surface area (Å²) in [6.07, 6.45) is 2.05. The zero-order valence-corrected chi connectivity index (χ0v) is 16.4. The fraction of sp³-hybridized carbons (Fsp3) is 0.682. The Kier molecular flexibility index (Phi) is 7.38. The van der Waals surface area contributed by atoms with Crippen LogP contribution in [0.2, 0.25) is 0 Å². The maximum Gasteiger partial charge on any atom is 0.391 e. The van der Waals surface area contributed by atoms with Crippen molar-refractivity contribution in [2.24, 2.45) is 11.8 Å². The number of hydrogen-bond acceptors (Lipinski definition) is 2. The highest BCUT2D eigenvalue weighted by Crippen LogP contribution is 2.39. The summed E-state index contributed by atoms with van der Waals surface area (Å²) in [6, 6.07) is 8.19. The third-order valence-electron chi connectivity index (χ3n) is 6.10. The molecule has 1 amide bonds. The summed E-state index contributed by atoms with van der Waals surface area (Å²) in [6.45, 7) is 3.62. The monoisotopic (exact) mass is 396 g/mol. The molecule has 0 radical (unpaired) electrons. The van der Waals surface area contributed by atoms with Crippen molar-refractivity contribution >= 4 is 5.91 Å². The van der Waals surface area contributed by atoms with Gasteiger partial charge in [-0.1, -0.05) is 43.5 Å². The smallest absolute Gasteiger partial charge is 0.352 e. The van der Waals surface area contributed by atoms with Gasteiger partial charge in [0.05, 0.1) is 5.92 Å². The highest BCUT2D eigenvalue weighted by atomic mass is 19.4. The fourth-order valence-electron chi connectivity index (χ4n) is 4.37. The molecule has 1 N–H and O–H groups in total. The summed E-state index contributed by atoms with van der Waals surface area (Å²) < 4.78 is 38.8. The number of amides is 1. The predicted molar refractivity (Wildman–Crippen MR) is 104 cm³/mol. The largest absolute Gasteiger partial charge is 0.391 e. The first-order chi connectivity index (χ1) is 13.4. The van der Waals surface area contributed by atoms with E-state index < -0.39 is 18.0 Å². The van der Waals surface area contributed by atoms with Gasteiger partial charge >= 0.3 is 6.18 Å². The summed E-state index contributed by atoms with van der Waals surface area (Å²) in [5.41, 5.74) is 2.24. The van der Waals surface area contributed by atoms with Crippen LogP contribution in [0.1, 0.15) is 62.5 Å². The molecule has 0 aromatic heterocycles. The number of carbonyl (C=O) groups is 1. The van der Waals surface area contributed by atoms with Gasteiger partial charge in [0.15, 0.2) is 0 Å². The van der Waals surface area contributed by atoms with Gasteiger partial charge in [0.1, 0.15) is 0 Å². The van der Waals surface area contributed by atoms with Crippen molar-refractivity contribution in [2.75, 3.05) is 13.1 Å². The average Bonchev–Trinajstić information content (AvgIpc) is 2.95. The van der Waals surface area contributed by atoms with Crippen molar-refractivity contribution in [3.63, 3.8) is 0 Å². The number of hydrogen-bond donors (Lipinski definition) is 1. The number of nitrogens with zero attached hydrogens (tertiary/aromatic N) is 1. The molecule has 1 aliphatic carbocycles. The number of nitrogens with one attached hydrogen (secondary N) is 1. The Balaban J connectivity index is 1.45. The van der Waals surface area contributed by atoms with Crippen LogP contribution in [0.15, 0.2) is 24.3 Å².